The second-order valence-corrected chi connectivity index (χ2v) is 6.80. The molecular weight excluding hydrogens is 366 g/mol. The summed E-state index contributed by atoms with van der Waals surface area (Å²) in [6.07, 6.45) is 0. The van der Waals surface area contributed by atoms with E-state index < -0.39 is 5.97 Å². The number of hydrogen-bond donors (Lipinski definition) is 1. The fraction of sp³-hybridized carbons (Fsp3) is 0.333. The average Bonchev–Trinajstić information content (AvgIpc) is 2.62. The maximum absolute atomic E-state index is 12.3. The van der Waals surface area contributed by atoms with Gasteiger partial charge in [0.2, 0.25) is 0 Å². The lowest BCUT2D eigenvalue weighted by Gasteiger charge is -2.16. The minimum atomic E-state index is -0.482. The molecule has 6 heteroatoms. The van der Waals surface area contributed by atoms with Crippen LogP contribution in [0.25, 0.3) is 0 Å². The molecule has 0 fully saturated rings. The van der Waals surface area contributed by atoms with Gasteiger partial charge < -0.3 is 14.8 Å². The molecule has 0 aliphatic heterocycles. The van der Waals surface area contributed by atoms with Gasteiger partial charge in [0.1, 0.15) is 5.75 Å². The van der Waals surface area contributed by atoms with Crippen molar-refractivity contribution >= 4 is 29.2 Å². The Morgan fingerprint density at radius 3 is 2.56 bits per heavy atom. The van der Waals surface area contributed by atoms with Crippen LogP contribution < -0.4 is 10.1 Å². The van der Waals surface area contributed by atoms with Crippen molar-refractivity contribution in [2.24, 2.45) is 0 Å². The maximum atomic E-state index is 12.3. The molecule has 2 rings (SSSR count). The molecule has 5 nitrogen and oxygen atoms in total. The van der Waals surface area contributed by atoms with Gasteiger partial charge >= 0.3 is 5.97 Å². The molecule has 0 radical (unpaired) electrons. The van der Waals surface area contributed by atoms with Crippen LogP contribution in [0, 0.1) is 6.92 Å². The third-order valence-corrected chi connectivity index (χ3v) is 4.38. The van der Waals surface area contributed by atoms with Crippen molar-refractivity contribution in [1.29, 1.82) is 0 Å². The molecule has 0 bridgehead atoms. The second-order valence-electron chi connectivity index (χ2n) is 6.40. The first-order chi connectivity index (χ1) is 12.8. The van der Waals surface area contributed by atoms with Gasteiger partial charge in [0.15, 0.2) is 6.61 Å². The third-order valence-electron chi connectivity index (χ3n) is 3.97. The van der Waals surface area contributed by atoms with E-state index in [0.29, 0.717) is 22.0 Å². The smallest absolute Gasteiger partial charge is 0.340 e. The summed E-state index contributed by atoms with van der Waals surface area (Å²) in [4.78, 5) is 24.3. The summed E-state index contributed by atoms with van der Waals surface area (Å²) in [5, 5.41) is 3.37. The highest BCUT2D eigenvalue weighted by Crippen LogP contribution is 2.32. The average molecular weight is 390 g/mol. The van der Waals surface area contributed by atoms with Crippen LogP contribution in [0.2, 0.25) is 5.02 Å². The number of rotatable bonds is 7. The third kappa shape index (κ3) is 5.47. The second kappa shape index (κ2) is 9.42. The lowest BCUT2D eigenvalue weighted by atomic mass is 10.0. The normalized spacial score (nSPS) is 10.6. The fourth-order valence-corrected chi connectivity index (χ4v) is 2.73. The molecule has 0 atom stereocenters. The van der Waals surface area contributed by atoms with E-state index in [9.17, 15) is 9.59 Å². The summed E-state index contributed by atoms with van der Waals surface area (Å²) in [5.41, 5.74) is 2.51. The Hall–Kier alpha value is -2.53. The summed E-state index contributed by atoms with van der Waals surface area (Å²) in [6, 6.07) is 10.4. The van der Waals surface area contributed by atoms with Gasteiger partial charge in [0.25, 0.3) is 5.91 Å². The largest absolute Gasteiger partial charge is 0.483 e. The monoisotopic (exact) mass is 389 g/mol. The number of carbonyl (C=O) groups excluding carboxylic acids is 2. The topological polar surface area (TPSA) is 64.6 Å². The fourth-order valence-electron chi connectivity index (χ4n) is 2.56. The van der Waals surface area contributed by atoms with Crippen molar-refractivity contribution in [3.05, 3.63) is 58.1 Å². The number of aryl methyl sites for hydroxylation is 1. The van der Waals surface area contributed by atoms with Crippen LogP contribution in [0.15, 0.2) is 36.4 Å². The SMILES string of the molecule is CCOC(=O)c1ccccc1NC(=O)COc1cc(C)c(Cl)cc1C(C)C. The van der Waals surface area contributed by atoms with Gasteiger partial charge in [-0.05, 0) is 55.2 Å². The number of ether oxygens (including phenoxy) is 2. The Kier molecular flexibility index (Phi) is 7.25. The Labute approximate surface area is 164 Å². The number of hydrogen-bond acceptors (Lipinski definition) is 4. The van der Waals surface area contributed by atoms with Gasteiger partial charge in [-0.1, -0.05) is 37.6 Å². The Morgan fingerprint density at radius 2 is 1.89 bits per heavy atom. The quantitative estimate of drug-likeness (QED) is 0.679. The number of esters is 1. The number of anilines is 1. The van der Waals surface area contributed by atoms with E-state index in [4.69, 9.17) is 21.1 Å². The predicted molar refractivity (Wildman–Crippen MR) is 107 cm³/mol. The van der Waals surface area contributed by atoms with Crippen molar-refractivity contribution in [1.82, 2.24) is 0 Å². The Bertz CT molecular complexity index is 833. The van der Waals surface area contributed by atoms with Crippen molar-refractivity contribution in [2.75, 3.05) is 18.5 Å². The first-order valence-electron chi connectivity index (χ1n) is 8.82. The Morgan fingerprint density at radius 1 is 1.19 bits per heavy atom. The highest BCUT2D eigenvalue weighted by molar-refractivity contribution is 6.31. The number of benzene rings is 2. The van der Waals surface area contributed by atoms with Gasteiger partial charge in [-0.15, -0.1) is 0 Å². The van der Waals surface area contributed by atoms with Gasteiger partial charge in [-0.25, -0.2) is 4.79 Å². The number of para-hydroxylation sites is 1. The van der Waals surface area contributed by atoms with E-state index in [2.05, 4.69) is 5.32 Å². The van der Waals surface area contributed by atoms with E-state index in [1.807, 2.05) is 32.9 Å². The molecule has 0 spiro atoms. The van der Waals surface area contributed by atoms with Crippen molar-refractivity contribution in [2.45, 2.75) is 33.6 Å². The lowest BCUT2D eigenvalue weighted by molar-refractivity contribution is -0.118. The Balaban J connectivity index is 2.10. The van der Waals surface area contributed by atoms with Crippen LogP contribution in [0.1, 0.15) is 48.2 Å². The molecule has 27 heavy (non-hydrogen) atoms. The van der Waals surface area contributed by atoms with Crippen LogP contribution in [0.4, 0.5) is 5.69 Å². The molecule has 0 heterocycles. The number of amides is 1. The van der Waals surface area contributed by atoms with E-state index in [-0.39, 0.29) is 25.0 Å². The van der Waals surface area contributed by atoms with Gasteiger partial charge in [-0.2, -0.15) is 0 Å². The molecular formula is C21H24ClNO4. The zero-order chi connectivity index (χ0) is 20.0. The van der Waals surface area contributed by atoms with E-state index in [1.54, 1.807) is 31.2 Å². The van der Waals surface area contributed by atoms with Crippen LogP contribution in [0.3, 0.4) is 0 Å². The molecule has 1 amide bonds. The predicted octanol–water partition coefficient (Wildman–Crippen LogP) is 4.97. The van der Waals surface area contributed by atoms with E-state index in [1.165, 1.54) is 0 Å². The number of nitrogens with one attached hydrogen (secondary N) is 1. The van der Waals surface area contributed by atoms with Gasteiger partial charge in [0.05, 0.1) is 17.9 Å². The summed E-state index contributed by atoms with van der Waals surface area (Å²) in [6.45, 7) is 7.76. The molecule has 144 valence electrons. The molecule has 0 saturated carbocycles. The highest BCUT2D eigenvalue weighted by atomic mass is 35.5. The van der Waals surface area contributed by atoms with Gasteiger partial charge in [-0.3, -0.25) is 4.79 Å². The molecule has 2 aromatic rings. The minimum absolute atomic E-state index is 0.183. The number of halogens is 1. The van der Waals surface area contributed by atoms with Crippen molar-refractivity contribution < 1.29 is 19.1 Å². The van der Waals surface area contributed by atoms with Crippen molar-refractivity contribution in [3.63, 3.8) is 0 Å². The molecule has 1 N–H and O–H groups in total. The standard InChI is InChI=1S/C21H24ClNO4/c1-5-26-21(25)15-8-6-7-9-18(15)23-20(24)12-27-19-10-14(4)17(22)11-16(19)13(2)3/h6-11,13H,5,12H2,1-4H3,(H,23,24). The molecule has 2 aromatic carbocycles. The highest BCUT2D eigenvalue weighted by Gasteiger charge is 2.16. The molecule has 0 aliphatic rings. The number of carbonyl (C=O) groups is 2. The molecule has 0 unspecified atom stereocenters. The molecule has 0 aromatic heterocycles. The summed E-state index contributed by atoms with van der Waals surface area (Å²) < 4.78 is 10.7. The first kappa shape index (κ1) is 20.8. The summed E-state index contributed by atoms with van der Waals surface area (Å²) >= 11 is 6.19. The first-order valence-corrected chi connectivity index (χ1v) is 9.20. The van der Waals surface area contributed by atoms with Crippen LogP contribution in [0.5, 0.6) is 5.75 Å². The van der Waals surface area contributed by atoms with E-state index >= 15 is 0 Å². The zero-order valence-electron chi connectivity index (χ0n) is 16.0. The van der Waals surface area contributed by atoms with E-state index in [0.717, 1.165) is 11.1 Å². The van der Waals surface area contributed by atoms with Crippen LogP contribution in [-0.4, -0.2) is 25.1 Å². The maximum Gasteiger partial charge on any atom is 0.340 e. The van der Waals surface area contributed by atoms with Crippen LogP contribution >= 0.6 is 11.6 Å². The summed E-state index contributed by atoms with van der Waals surface area (Å²) in [5.74, 6) is -0.0229. The van der Waals surface area contributed by atoms with Crippen LogP contribution in [-0.2, 0) is 9.53 Å². The van der Waals surface area contributed by atoms with Crippen molar-refractivity contribution in [3.8, 4) is 5.75 Å². The van der Waals surface area contributed by atoms with Gasteiger partial charge in [0, 0.05) is 5.02 Å². The molecule has 0 saturated heterocycles. The molecule has 0 aliphatic carbocycles. The zero-order valence-corrected chi connectivity index (χ0v) is 16.7. The summed E-state index contributed by atoms with van der Waals surface area (Å²) in [7, 11) is 0. The lowest BCUT2D eigenvalue weighted by Crippen LogP contribution is -2.22. The minimum Gasteiger partial charge on any atom is -0.483 e.